The standard InChI is InChI=1S/C18H23ClN4O5S/c1-29(27,28)22-10-8-21(9-11-22)16(24)7-6-15-17(25)23(18(26)20-15)12-13-4-2-3-5-14(13)19/h2-5,15H,6-12H2,1H3,(H,20,26)/t15-/m0/s1. The van der Waals surface area contributed by atoms with Gasteiger partial charge in [-0.3, -0.25) is 14.5 Å². The molecule has 0 bridgehead atoms. The molecule has 0 radical (unpaired) electrons. The molecule has 0 aromatic heterocycles. The third-order valence-electron chi connectivity index (χ3n) is 5.10. The zero-order chi connectivity index (χ0) is 21.2. The first-order valence-electron chi connectivity index (χ1n) is 9.25. The van der Waals surface area contributed by atoms with Crippen molar-refractivity contribution in [1.82, 2.24) is 19.4 Å². The zero-order valence-electron chi connectivity index (χ0n) is 16.0. The molecule has 2 fully saturated rings. The molecule has 1 aromatic carbocycles. The van der Waals surface area contributed by atoms with E-state index in [1.165, 1.54) is 4.31 Å². The van der Waals surface area contributed by atoms with E-state index in [0.717, 1.165) is 11.2 Å². The smallest absolute Gasteiger partial charge is 0.325 e. The number of halogens is 1. The van der Waals surface area contributed by atoms with E-state index in [9.17, 15) is 22.8 Å². The number of benzene rings is 1. The van der Waals surface area contributed by atoms with E-state index in [1.54, 1.807) is 29.2 Å². The number of hydrogen-bond acceptors (Lipinski definition) is 5. The highest BCUT2D eigenvalue weighted by Crippen LogP contribution is 2.21. The molecule has 29 heavy (non-hydrogen) atoms. The van der Waals surface area contributed by atoms with Crippen molar-refractivity contribution in [3.8, 4) is 0 Å². The summed E-state index contributed by atoms with van der Waals surface area (Å²) in [6, 6.07) is 5.71. The van der Waals surface area contributed by atoms with E-state index in [4.69, 9.17) is 11.6 Å². The molecule has 0 spiro atoms. The van der Waals surface area contributed by atoms with Crippen molar-refractivity contribution in [2.24, 2.45) is 0 Å². The van der Waals surface area contributed by atoms with Crippen LogP contribution in [-0.4, -0.2) is 78.8 Å². The first-order chi connectivity index (χ1) is 13.7. The summed E-state index contributed by atoms with van der Waals surface area (Å²) in [4.78, 5) is 39.9. The van der Waals surface area contributed by atoms with Gasteiger partial charge in [0.2, 0.25) is 15.9 Å². The number of piperazine rings is 1. The lowest BCUT2D eigenvalue weighted by Crippen LogP contribution is -2.50. The Kier molecular flexibility index (Phi) is 6.45. The van der Waals surface area contributed by atoms with Crippen molar-refractivity contribution in [3.05, 3.63) is 34.9 Å². The number of imide groups is 1. The van der Waals surface area contributed by atoms with Gasteiger partial charge in [0.05, 0.1) is 12.8 Å². The van der Waals surface area contributed by atoms with Crippen LogP contribution in [0.25, 0.3) is 0 Å². The molecule has 0 unspecified atom stereocenters. The van der Waals surface area contributed by atoms with Crippen molar-refractivity contribution in [3.63, 3.8) is 0 Å². The fourth-order valence-corrected chi connectivity index (χ4v) is 4.44. The molecule has 2 aliphatic rings. The number of carbonyl (C=O) groups excluding carboxylic acids is 3. The summed E-state index contributed by atoms with van der Waals surface area (Å²) in [5.74, 6) is -0.547. The van der Waals surface area contributed by atoms with Crippen molar-refractivity contribution in [1.29, 1.82) is 0 Å². The third kappa shape index (κ3) is 5.06. The molecule has 4 amide bonds. The molecule has 0 saturated carbocycles. The number of hydrogen-bond donors (Lipinski definition) is 1. The Morgan fingerprint density at radius 1 is 1.17 bits per heavy atom. The Balaban J connectivity index is 1.51. The van der Waals surface area contributed by atoms with Crippen molar-refractivity contribution >= 4 is 39.5 Å². The van der Waals surface area contributed by atoms with E-state index >= 15 is 0 Å². The predicted molar refractivity (Wildman–Crippen MR) is 107 cm³/mol. The van der Waals surface area contributed by atoms with Gasteiger partial charge in [0.15, 0.2) is 0 Å². The molecule has 0 aliphatic carbocycles. The van der Waals surface area contributed by atoms with E-state index in [2.05, 4.69) is 5.32 Å². The van der Waals surface area contributed by atoms with Gasteiger partial charge in [0.25, 0.3) is 5.91 Å². The second-order valence-electron chi connectivity index (χ2n) is 7.10. The molecule has 1 atom stereocenters. The van der Waals surface area contributed by atoms with Gasteiger partial charge in [-0.25, -0.2) is 13.2 Å². The fourth-order valence-electron chi connectivity index (χ4n) is 3.41. The summed E-state index contributed by atoms with van der Waals surface area (Å²) in [5, 5.41) is 3.09. The average molecular weight is 443 g/mol. The molecule has 2 saturated heterocycles. The van der Waals surface area contributed by atoms with Gasteiger partial charge < -0.3 is 10.2 Å². The van der Waals surface area contributed by atoms with Gasteiger partial charge in [0, 0.05) is 37.6 Å². The van der Waals surface area contributed by atoms with Crippen molar-refractivity contribution in [2.75, 3.05) is 32.4 Å². The molecule has 2 aliphatic heterocycles. The van der Waals surface area contributed by atoms with E-state index < -0.39 is 22.1 Å². The lowest BCUT2D eigenvalue weighted by Gasteiger charge is -2.33. The van der Waals surface area contributed by atoms with E-state index in [1.807, 2.05) is 0 Å². The number of urea groups is 1. The zero-order valence-corrected chi connectivity index (χ0v) is 17.6. The number of amides is 4. The lowest BCUT2D eigenvalue weighted by atomic mass is 10.1. The number of nitrogens with one attached hydrogen (secondary N) is 1. The van der Waals surface area contributed by atoms with Crippen LogP contribution in [0.1, 0.15) is 18.4 Å². The quantitative estimate of drug-likeness (QED) is 0.651. The Labute approximate surface area is 174 Å². The first-order valence-corrected chi connectivity index (χ1v) is 11.5. The minimum atomic E-state index is -3.26. The van der Waals surface area contributed by atoms with Crippen LogP contribution >= 0.6 is 11.6 Å². The Morgan fingerprint density at radius 3 is 2.45 bits per heavy atom. The minimum absolute atomic E-state index is 0.0717. The van der Waals surface area contributed by atoms with Gasteiger partial charge >= 0.3 is 6.03 Å². The van der Waals surface area contributed by atoms with Gasteiger partial charge in [-0.1, -0.05) is 29.8 Å². The SMILES string of the molecule is CS(=O)(=O)N1CCN(C(=O)CC[C@@H]2NC(=O)N(Cc3ccccc3Cl)C2=O)CC1. The Bertz CT molecular complexity index is 915. The van der Waals surface area contributed by atoms with E-state index in [-0.39, 0.29) is 44.3 Å². The van der Waals surface area contributed by atoms with Crippen LogP contribution < -0.4 is 5.32 Å². The summed E-state index contributed by atoms with van der Waals surface area (Å²) < 4.78 is 24.4. The topological polar surface area (TPSA) is 107 Å². The minimum Gasteiger partial charge on any atom is -0.340 e. The summed E-state index contributed by atoms with van der Waals surface area (Å²) >= 11 is 6.10. The molecule has 11 heteroatoms. The van der Waals surface area contributed by atoms with Gasteiger partial charge in [0.1, 0.15) is 6.04 Å². The highest BCUT2D eigenvalue weighted by Gasteiger charge is 2.38. The third-order valence-corrected chi connectivity index (χ3v) is 6.77. The summed E-state index contributed by atoms with van der Waals surface area (Å²) in [6.45, 7) is 1.22. The molecule has 3 rings (SSSR count). The van der Waals surface area contributed by atoms with Crippen LogP contribution in [0.2, 0.25) is 5.02 Å². The summed E-state index contributed by atoms with van der Waals surface area (Å²) in [5.41, 5.74) is 0.665. The van der Waals surface area contributed by atoms with Crippen LogP contribution in [0.3, 0.4) is 0 Å². The van der Waals surface area contributed by atoms with Crippen LogP contribution in [0.15, 0.2) is 24.3 Å². The number of rotatable bonds is 6. The summed E-state index contributed by atoms with van der Waals surface area (Å²) in [6.07, 6.45) is 1.43. The largest absolute Gasteiger partial charge is 0.340 e. The number of carbonyl (C=O) groups is 3. The second kappa shape index (κ2) is 8.68. The molecule has 9 nitrogen and oxygen atoms in total. The Hall–Kier alpha value is -2.17. The molecule has 158 valence electrons. The van der Waals surface area contributed by atoms with Crippen molar-refractivity contribution in [2.45, 2.75) is 25.4 Å². The highest BCUT2D eigenvalue weighted by atomic mass is 35.5. The highest BCUT2D eigenvalue weighted by molar-refractivity contribution is 7.88. The van der Waals surface area contributed by atoms with Gasteiger partial charge in [-0.2, -0.15) is 4.31 Å². The maximum atomic E-state index is 12.6. The molecular formula is C18H23ClN4O5S. The monoisotopic (exact) mass is 442 g/mol. The van der Waals surface area contributed by atoms with Crippen molar-refractivity contribution < 1.29 is 22.8 Å². The van der Waals surface area contributed by atoms with E-state index in [0.29, 0.717) is 23.7 Å². The lowest BCUT2D eigenvalue weighted by molar-refractivity contribution is -0.133. The predicted octanol–water partition coefficient (Wildman–Crippen LogP) is 0.644. The van der Waals surface area contributed by atoms with Crippen LogP contribution in [0.5, 0.6) is 0 Å². The van der Waals surface area contributed by atoms with Crippen LogP contribution in [0, 0.1) is 0 Å². The van der Waals surface area contributed by atoms with Gasteiger partial charge in [-0.15, -0.1) is 0 Å². The number of sulfonamides is 1. The molecule has 1 N–H and O–H groups in total. The first kappa shape index (κ1) is 21.5. The number of nitrogens with zero attached hydrogens (tertiary/aromatic N) is 3. The van der Waals surface area contributed by atoms with Crippen LogP contribution in [0.4, 0.5) is 4.79 Å². The summed E-state index contributed by atoms with van der Waals surface area (Å²) in [7, 11) is -3.26. The Morgan fingerprint density at radius 2 is 1.83 bits per heavy atom. The van der Waals surface area contributed by atoms with Crippen LogP contribution in [-0.2, 0) is 26.2 Å². The molecule has 2 heterocycles. The molecular weight excluding hydrogens is 420 g/mol. The fraction of sp³-hybridized carbons (Fsp3) is 0.500. The normalized spacial score (nSPS) is 20.8. The molecule has 1 aromatic rings. The maximum Gasteiger partial charge on any atom is 0.325 e. The second-order valence-corrected chi connectivity index (χ2v) is 9.49. The van der Waals surface area contributed by atoms with Gasteiger partial charge in [-0.05, 0) is 18.1 Å². The average Bonchev–Trinajstić information content (AvgIpc) is 2.94. The maximum absolute atomic E-state index is 12.6.